The predicted molar refractivity (Wildman–Crippen MR) is 317 cm³/mol. The summed E-state index contributed by atoms with van der Waals surface area (Å²) in [6.45, 7) is 1.32. The number of H-pyrrole nitrogens is 1. The highest BCUT2D eigenvalue weighted by Crippen LogP contribution is 2.12. The van der Waals surface area contributed by atoms with E-state index in [1.807, 2.05) is 0 Å². The van der Waals surface area contributed by atoms with Gasteiger partial charge in [-0.2, -0.15) is 11.8 Å². The average Bonchev–Trinajstić information content (AvgIpc) is 2.06. The lowest BCUT2D eigenvalue weighted by atomic mass is 10.0. The number of hydrogen-bond donors (Lipinski definition) is 20. The Bertz CT molecular complexity index is 2710. The number of nitrogens with zero attached hydrogens (tertiary/aromatic N) is 1. The molecule has 0 spiro atoms. The Balaban J connectivity index is 3.71. The molecular formula is C52H84N18O20S. The summed E-state index contributed by atoms with van der Waals surface area (Å²) in [4.78, 5) is 227. The molecule has 0 aromatic carbocycles. The molecule has 0 bridgehead atoms. The molecule has 38 nitrogen and oxygen atoms in total. The van der Waals surface area contributed by atoms with E-state index in [9.17, 15) is 96.8 Å². The van der Waals surface area contributed by atoms with Crippen molar-refractivity contribution in [3.63, 3.8) is 0 Å². The van der Waals surface area contributed by atoms with Gasteiger partial charge < -0.3 is 108 Å². The van der Waals surface area contributed by atoms with Crippen LogP contribution in [-0.4, -0.2) is 211 Å². The van der Waals surface area contributed by atoms with Crippen molar-refractivity contribution in [2.45, 2.75) is 176 Å². The summed E-state index contributed by atoms with van der Waals surface area (Å²) >= 11 is 1.20. The van der Waals surface area contributed by atoms with Crippen LogP contribution < -0.4 is 87.6 Å². The fourth-order valence-corrected chi connectivity index (χ4v) is 8.86. The van der Waals surface area contributed by atoms with Crippen molar-refractivity contribution in [2.24, 2.45) is 34.4 Å². The summed E-state index contributed by atoms with van der Waals surface area (Å²) in [5, 5.41) is 51.6. The molecule has 14 amide bonds. The molecule has 1 aromatic rings. The molecule has 0 saturated carbocycles. The molecule has 39 heteroatoms. The maximum atomic E-state index is 14.4. The van der Waals surface area contributed by atoms with E-state index in [1.165, 1.54) is 24.3 Å². The molecule has 0 aliphatic rings. The van der Waals surface area contributed by atoms with Crippen LogP contribution in [0.1, 0.15) is 115 Å². The summed E-state index contributed by atoms with van der Waals surface area (Å²) in [7, 11) is 0. The fourth-order valence-electron chi connectivity index (χ4n) is 8.39. The van der Waals surface area contributed by atoms with Crippen LogP contribution in [0.15, 0.2) is 12.5 Å². The Hall–Kier alpha value is -9.53. The molecule has 26 N–H and O–H groups in total. The lowest BCUT2D eigenvalue weighted by Gasteiger charge is -2.28. The Labute approximate surface area is 525 Å². The lowest BCUT2D eigenvalue weighted by molar-refractivity contribution is -0.142. The largest absolute Gasteiger partial charge is 0.481 e. The molecule has 1 aromatic heterocycles. The number of imidazole rings is 1. The second kappa shape index (κ2) is 42.4. The number of hydrogen-bond acceptors (Lipinski definition) is 21. The van der Waals surface area contributed by atoms with E-state index < -0.39 is 225 Å². The number of unbranched alkanes of at least 4 members (excludes halogenated alkanes) is 2. The smallest absolute Gasteiger partial charge is 0.305 e. The number of nitrogens with two attached hydrogens (primary N) is 6. The van der Waals surface area contributed by atoms with Crippen molar-refractivity contribution < 1.29 is 96.8 Å². The fraction of sp³-hybridized carbons (Fsp3) is 0.615. The molecular weight excluding hydrogens is 1230 g/mol. The molecule has 0 fully saturated rings. The van der Waals surface area contributed by atoms with Gasteiger partial charge in [0.2, 0.25) is 82.7 Å². The third-order valence-electron chi connectivity index (χ3n) is 13.1. The molecule has 10 atom stereocenters. The zero-order valence-corrected chi connectivity index (χ0v) is 51.0. The van der Waals surface area contributed by atoms with E-state index in [2.05, 4.69) is 63.1 Å². The summed E-state index contributed by atoms with van der Waals surface area (Å²) in [6, 6.07) is -17.3. The van der Waals surface area contributed by atoms with Crippen LogP contribution in [0.4, 0.5) is 0 Å². The van der Waals surface area contributed by atoms with Crippen molar-refractivity contribution in [3.8, 4) is 0 Å². The van der Waals surface area contributed by atoms with Crippen molar-refractivity contribution in [1.82, 2.24) is 63.1 Å². The van der Waals surface area contributed by atoms with Crippen LogP contribution in [-0.2, 0) is 87.9 Å². The quantitative estimate of drug-likeness (QED) is 0.0269. The number of rotatable bonds is 48. The third-order valence-corrected chi connectivity index (χ3v) is 13.7. The van der Waals surface area contributed by atoms with E-state index in [0.717, 1.165) is 6.92 Å². The summed E-state index contributed by atoms with van der Waals surface area (Å²) in [5.74, 6) is -20.1. The number of primary amides is 4. The van der Waals surface area contributed by atoms with Gasteiger partial charge >= 0.3 is 17.9 Å². The van der Waals surface area contributed by atoms with Gasteiger partial charge in [-0.25, -0.2) is 4.98 Å². The van der Waals surface area contributed by atoms with Crippen molar-refractivity contribution in [2.75, 3.05) is 25.1 Å². The van der Waals surface area contributed by atoms with E-state index in [4.69, 9.17) is 34.4 Å². The van der Waals surface area contributed by atoms with Gasteiger partial charge in [-0.3, -0.25) is 81.5 Å². The minimum Gasteiger partial charge on any atom is -0.481 e. The van der Waals surface area contributed by atoms with E-state index >= 15 is 0 Å². The van der Waals surface area contributed by atoms with Gasteiger partial charge in [-0.1, -0.05) is 0 Å². The highest BCUT2D eigenvalue weighted by atomic mass is 32.2. The normalized spacial score (nSPS) is 14.2. The van der Waals surface area contributed by atoms with E-state index in [1.54, 1.807) is 6.26 Å². The first kappa shape index (κ1) is 79.5. The second-order valence-corrected chi connectivity index (χ2v) is 21.6. The number of carboxylic acid groups (broad SMARTS) is 3. The molecule has 91 heavy (non-hydrogen) atoms. The molecule has 0 unspecified atom stereocenters. The standard InChI is InChI=1S/C52H84N18O20S/c1-25(71)61-35(21-41(77)78)51(89)66-30(10-13-38(56)73)46(84)64-31(11-14-40(75)76)47(85)68-33(19-26-23-59-24-60-26)49(87)65-29(9-12-37(55)72)45(83)63-28(8-4-6-17-54)44(82)67-32(15-18-91-2)48(86)70-36(22-42(79)80)52(90)69-34(20-39(57)74)50(88)62-27(43(58)81)7-3-5-16-53/h23-24,27-36H,3-22,53-54H2,1-2H3,(H2,55,72)(H2,56,73)(H2,57,74)(H2,58,81)(H,59,60)(H,61,71)(H,62,88)(H,63,83)(H,64,84)(H,65,87)(H,66,89)(H,67,82)(H,68,85)(H,69,90)(H,70,86)(H,75,76)(H,77,78)(H,79,80)/t27-,28-,29-,30-,31-,32-,33-,34-,35-,36-/m0/s1. The van der Waals surface area contributed by atoms with Crippen LogP contribution in [0.2, 0.25) is 0 Å². The Morgan fingerprint density at radius 3 is 1.12 bits per heavy atom. The predicted octanol–water partition coefficient (Wildman–Crippen LogP) is -8.46. The molecule has 508 valence electrons. The van der Waals surface area contributed by atoms with E-state index in [-0.39, 0.29) is 56.6 Å². The molecule has 0 saturated heterocycles. The highest BCUT2D eigenvalue weighted by Gasteiger charge is 2.37. The minimum absolute atomic E-state index is 0.0207. The monoisotopic (exact) mass is 1310 g/mol. The Morgan fingerprint density at radius 1 is 0.429 bits per heavy atom. The van der Waals surface area contributed by atoms with Crippen molar-refractivity contribution in [1.29, 1.82) is 0 Å². The SMILES string of the molecule is CSCC[C@H](NC(=O)[C@H](CCCCN)NC(=O)[C@H](CCC(N)=O)NC(=O)[C@H](Cc1cnc[nH]1)NC(=O)[C@H](CCC(=O)O)NC(=O)[C@H](CCC(N)=O)NC(=O)[C@H](CC(=O)O)NC(C)=O)C(=O)N[C@@H](CC(=O)O)C(=O)N[C@@H](CC(N)=O)C(=O)N[C@@H](CCCCN)C(N)=O. The minimum atomic E-state index is -2.00. The number of carbonyl (C=O) groups excluding carboxylic acids is 14. The highest BCUT2D eigenvalue weighted by molar-refractivity contribution is 7.98. The lowest BCUT2D eigenvalue weighted by Crippen LogP contribution is -2.61. The molecule has 0 aliphatic carbocycles. The van der Waals surface area contributed by atoms with Crippen molar-refractivity contribution in [3.05, 3.63) is 18.2 Å². The number of aliphatic carboxylic acids is 3. The second-order valence-electron chi connectivity index (χ2n) is 20.6. The number of amides is 14. The Morgan fingerprint density at radius 2 is 0.769 bits per heavy atom. The number of thioether (sulfide) groups is 1. The molecule has 1 rings (SSSR count). The van der Waals surface area contributed by atoms with Gasteiger partial charge in [0, 0.05) is 44.5 Å². The first-order valence-electron chi connectivity index (χ1n) is 28.5. The summed E-state index contributed by atoms with van der Waals surface area (Å²) in [6.07, 6.45) is -2.33. The number of nitrogens with one attached hydrogen (secondary N) is 11. The summed E-state index contributed by atoms with van der Waals surface area (Å²) in [5.41, 5.74) is 32.9. The maximum Gasteiger partial charge on any atom is 0.305 e. The van der Waals surface area contributed by atoms with Crippen molar-refractivity contribution >= 4 is 112 Å². The van der Waals surface area contributed by atoms with Gasteiger partial charge in [0.25, 0.3) is 0 Å². The van der Waals surface area contributed by atoms with Crippen LogP contribution in [0, 0.1) is 0 Å². The number of carboxylic acids is 3. The van der Waals surface area contributed by atoms with Crippen LogP contribution in [0.25, 0.3) is 0 Å². The van der Waals surface area contributed by atoms with Gasteiger partial charge in [-0.05, 0) is 89.3 Å². The number of carbonyl (C=O) groups is 17. The topological polar surface area (TPSA) is 656 Å². The van der Waals surface area contributed by atoms with Gasteiger partial charge in [0.1, 0.15) is 60.4 Å². The number of aromatic amines is 1. The average molecular weight is 1310 g/mol. The molecule has 0 radical (unpaired) electrons. The number of aromatic nitrogens is 2. The zero-order valence-electron chi connectivity index (χ0n) is 50.2. The molecule has 0 aliphatic heterocycles. The first-order valence-corrected chi connectivity index (χ1v) is 29.9. The van der Waals surface area contributed by atoms with Gasteiger partial charge in [0.15, 0.2) is 0 Å². The van der Waals surface area contributed by atoms with Crippen LogP contribution in [0.5, 0.6) is 0 Å². The van der Waals surface area contributed by atoms with E-state index in [0.29, 0.717) is 12.8 Å². The molecule has 1 heterocycles. The Kier molecular flexibility index (Phi) is 37.0. The maximum absolute atomic E-state index is 14.4. The van der Waals surface area contributed by atoms with Gasteiger partial charge in [0.05, 0.1) is 25.6 Å². The van der Waals surface area contributed by atoms with Crippen LogP contribution in [0.3, 0.4) is 0 Å². The van der Waals surface area contributed by atoms with Crippen LogP contribution >= 0.6 is 11.8 Å². The first-order chi connectivity index (χ1) is 42.8. The third kappa shape index (κ3) is 33.0. The van der Waals surface area contributed by atoms with Gasteiger partial charge in [-0.15, -0.1) is 0 Å². The zero-order chi connectivity index (χ0) is 68.9. The summed E-state index contributed by atoms with van der Waals surface area (Å²) < 4.78 is 0.